The van der Waals surface area contributed by atoms with Crippen LogP contribution in [0, 0.1) is 11.3 Å². The molecule has 2 rings (SSSR count). The first-order valence-corrected chi connectivity index (χ1v) is 11.0. The summed E-state index contributed by atoms with van der Waals surface area (Å²) in [7, 11) is 0. The summed E-state index contributed by atoms with van der Waals surface area (Å²) < 4.78 is 2.02. The van der Waals surface area contributed by atoms with Gasteiger partial charge in [-0.05, 0) is 45.9 Å². The molecule has 0 atom stereocenters. The lowest BCUT2D eigenvalue weighted by atomic mass is 10.1. The summed E-state index contributed by atoms with van der Waals surface area (Å²) in [6.45, 7) is 7.00. The number of amides is 2. The van der Waals surface area contributed by atoms with Gasteiger partial charge in [-0.25, -0.2) is 0 Å². The smallest absolute Gasteiger partial charge is 0.277 e. The van der Waals surface area contributed by atoms with Gasteiger partial charge >= 0.3 is 0 Å². The molecular weight excluding hydrogens is 442 g/mol. The molecule has 1 aromatic carbocycles. The summed E-state index contributed by atoms with van der Waals surface area (Å²) in [6, 6.07) is 8.62. The van der Waals surface area contributed by atoms with E-state index in [2.05, 4.69) is 27.4 Å². The lowest BCUT2D eigenvalue weighted by Gasteiger charge is -2.16. The number of nitriles is 1. The number of benzene rings is 1. The van der Waals surface area contributed by atoms with E-state index in [1.807, 2.05) is 0 Å². The second kappa shape index (κ2) is 11.1. The zero-order chi connectivity index (χ0) is 24.6. The van der Waals surface area contributed by atoms with Crippen molar-refractivity contribution in [3.63, 3.8) is 0 Å². The van der Waals surface area contributed by atoms with Crippen LogP contribution >= 0.6 is 11.3 Å². The number of hydrogen-bond donors (Lipinski definition) is 4. The molecule has 0 saturated carbocycles. The van der Waals surface area contributed by atoms with Gasteiger partial charge in [-0.3, -0.25) is 19.0 Å². The normalized spacial score (nSPS) is 10.3. The third-order valence-electron chi connectivity index (χ3n) is 4.23. The Hall–Kier alpha value is -3.86. The highest BCUT2D eigenvalue weighted by atomic mass is 32.1. The Morgan fingerprint density at radius 1 is 1.27 bits per heavy atom. The van der Waals surface area contributed by atoms with Gasteiger partial charge in [0.05, 0.1) is 0 Å². The molecule has 0 aliphatic rings. The summed E-state index contributed by atoms with van der Waals surface area (Å²) in [4.78, 5) is 36.5. The van der Waals surface area contributed by atoms with Crippen LogP contribution in [-0.4, -0.2) is 33.6 Å². The van der Waals surface area contributed by atoms with Crippen LogP contribution in [0.1, 0.15) is 27.7 Å². The fourth-order valence-electron chi connectivity index (χ4n) is 2.53. The Balaban J connectivity index is 2.43. The lowest BCUT2D eigenvalue weighted by Crippen LogP contribution is -2.36. The van der Waals surface area contributed by atoms with Crippen LogP contribution in [0.5, 0.6) is 0 Å². The largest absolute Gasteiger partial charge is 0.381 e. The molecule has 33 heavy (non-hydrogen) atoms. The van der Waals surface area contributed by atoms with Gasteiger partial charge in [-0.2, -0.15) is 5.26 Å². The number of likely N-dealkylation sites (N-methyl/N-ethyl adjacent to an activating group) is 1. The molecule has 2 aromatic rings. The summed E-state index contributed by atoms with van der Waals surface area (Å²) >= 11 is 1.06. The number of carbonyl (C=O) groups excluding carboxylic acids is 2. The fourth-order valence-corrected chi connectivity index (χ4v) is 3.51. The quantitative estimate of drug-likeness (QED) is 0.348. The molecule has 0 fully saturated rings. The molecule has 4 N–H and O–H groups in total. The van der Waals surface area contributed by atoms with Crippen LogP contribution in [0.4, 0.5) is 11.4 Å². The number of carbonyl (C=O) groups is 2. The summed E-state index contributed by atoms with van der Waals surface area (Å²) in [6.07, 6.45) is 1.45. The zero-order valence-corrected chi connectivity index (χ0v) is 19.6. The van der Waals surface area contributed by atoms with Crippen LogP contribution < -0.4 is 30.7 Å². The zero-order valence-electron chi connectivity index (χ0n) is 18.8. The number of nitrogens with one attached hydrogen (secondary N) is 3. The van der Waals surface area contributed by atoms with Crippen molar-refractivity contribution in [2.45, 2.75) is 39.8 Å². The van der Waals surface area contributed by atoms with E-state index in [1.165, 1.54) is 24.6 Å². The van der Waals surface area contributed by atoms with E-state index < -0.39 is 17.4 Å². The first-order chi connectivity index (χ1) is 15.6. The van der Waals surface area contributed by atoms with Crippen LogP contribution in [0.3, 0.4) is 0 Å². The van der Waals surface area contributed by atoms with E-state index in [9.17, 15) is 24.8 Å². The third-order valence-corrected chi connectivity index (χ3v) is 5.24. The predicted molar refractivity (Wildman–Crippen MR) is 128 cm³/mol. The van der Waals surface area contributed by atoms with Crippen LogP contribution in [0.25, 0.3) is 11.5 Å². The monoisotopic (exact) mass is 467 g/mol. The first kappa shape index (κ1) is 25.4. The fraction of sp³-hybridized carbons (Fsp3) is 0.304. The average Bonchev–Trinajstić information content (AvgIpc) is 3.05. The minimum atomic E-state index is -1.51. The number of thiazole rings is 1. The average molecular weight is 468 g/mol. The van der Waals surface area contributed by atoms with Gasteiger partial charge in [0.25, 0.3) is 17.4 Å². The van der Waals surface area contributed by atoms with Crippen molar-refractivity contribution in [2.75, 3.05) is 17.2 Å². The van der Waals surface area contributed by atoms with E-state index in [1.54, 1.807) is 44.2 Å². The molecule has 10 heteroatoms. The Morgan fingerprint density at radius 3 is 2.58 bits per heavy atom. The predicted octanol–water partition coefficient (Wildman–Crippen LogP) is 0.610. The maximum atomic E-state index is 12.7. The molecule has 1 heterocycles. The second-order valence-corrected chi connectivity index (χ2v) is 8.28. The maximum Gasteiger partial charge on any atom is 0.277 e. The van der Waals surface area contributed by atoms with Gasteiger partial charge in [0, 0.05) is 30.7 Å². The highest BCUT2D eigenvalue weighted by Crippen LogP contribution is 2.16. The Labute approximate surface area is 194 Å². The van der Waals surface area contributed by atoms with E-state index in [4.69, 9.17) is 0 Å². The van der Waals surface area contributed by atoms with E-state index >= 15 is 0 Å². The third kappa shape index (κ3) is 6.81. The van der Waals surface area contributed by atoms with E-state index in [0.29, 0.717) is 29.1 Å². The Bertz CT molecular complexity index is 1340. The molecule has 0 saturated heterocycles. The summed E-state index contributed by atoms with van der Waals surface area (Å²) in [5.41, 5.74) is 4.68. The summed E-state index contributed by atoms with van der Waals surface area (Å²) in [5, 5.41) is 27.1. The molecule has 0 unspecified atom stereocenters. The van der Waals surface area contributed by atoms with Crippen molar-refractivity contribution in [3.05, 3.63) is 55.6 Å². The first-order valence-electron chi connectivity index (χ1n) is 10.1. The number of nitrogens with zero attached hydrogens (tertiary/aromatic N) is 2. The van der Waals surface area contributed by atoms with Crippen molar-refractivity contribution < 1.29 is 14.7 Å². The topological polar surface area (TPSA) is 136 Å². The van der Waals surface area contributed by atoms with Crippen molar-refractivity contribution >= 4 is 46.0 Å². The van der Waals surface area contributed by atoms with Crippen LogP contribution in [0.15, 0.2) is 40.8 Å². The minimum Gasteiger partial charge on any atom is -0.381 e. The molecule has 1 aromatic heterocycles. The van der Waals surface area contributed by atoms with Gasteiger partial charge < -0.3 is 21.1 Å². The van der Waals surface area contributed by atoms with Gasteiger partial charge in [0.2, 0.25) is 0 Å². The number of rotatable bonds is 7. The standard InChI is InChI=1S/C23H25N5O4S/c1-5-25-20(29)15(14-24)12-19-28(6-2)21(30)18(33-19)10-11-26-16-8-7-9-17(13-16)27-22(31)23(3,4)32/h7-9,11,13,26,32H,5-6H2,1-4H3,(H,25,29)(H,27,31). The lowest BCUT2D eigenvalue weighted by molar-refractivity contribution is -0.130. The van der Waals surface area contributed by atoms with Crippen molar-refractivity contribution in [1.29, 1.82) is 5.26 Å². The highest BCUT2D eigenvalue weighted by molar-refractivity contribution is 7.07. The number of aliphatic hydroxyl groups is 1. The van der Waals surface area contributed by atoms with Crippen LogP contribution in [0.2, 0.25) is 0 Å². The molecule has 0 spiro atoms. The van der Waals surface area contributed by atoms with Gasteiger partial charge in [-0.15, -0.1) is 0 Å². The second-order valence-electron chi connectivity index (χ2n) is 7.28. The Morgan fingerprint density at radius 2 is 1.97 bits per heavy atom. The number of aromatic nitrogens is 1. The molecule has 9 nitrogen and oxygen atoms in total. The van der Waals surface area contributed by atoms with Crippen molar-refractivity contribution in [2.24, 2.45) is 0 Å². The molecule has 0 aliphatic heterocycles. The van der Waals surface area contributed by atoms with E-state index in [0.717, 1.165) is 11.3 Å². The Kier molecular flexibility index (Phi) is 8.57. The van der Waals surface area contributed by atoms with Gasteiger partial charge in [-0.1, -0.05) is 28.9 Å². The number of anilines is 2. The van der Waals surface area contributed by atoms with E-state index in [-0.39, 0.29) is 15.7 Å². The molecular formula is C23H25N5O4S. The maximum absolute atomic E-state index is 12.7. The molecule has 2 amide bonds. The molecule has 0 bridgehead atoms. The molecule has 172 valence electrons. The SMILES string of the molecule is CCNC(=O)C(=C=c1sc(=C=CNc2cccc(NC(=O)C(C)(C)O)c2)c(=O)n1CC)C#N. The van der Waals surface area contributed by atoms with Gasteiger partial charge in [0.1, 0.15) is 20.9 Å². The summed E-state index contributed by atoms with van der Waals surface area (Å²) in [5.74, 6) is -1.09. The van der Waals surface area contributed by atoms with Crippen molar-refractivity contribution in [1.82, 2.24) is 9.88 Å². The van der Waals surface area contributed by atoms with Gasteiger partial charge in [0.15, 0.2) is 5.57 Å². The number of hydrogen-bond acceptors (Lipinski definition) is 7. The van der Waals surface area contributed by atoms with Crippen molar-refractivity contribution in [3.8, 4) is 6.07 Å². The highest BCUT2D eigenvalue weighted by Gasteiger charge is 2.23. The minimum absolute atomic E-state index is 0.209. The molecule has 0 aliphatic carbocycles. The molecule has 0 radical (unpaired) electrons. The van der Waals surface area contributed by atoms with Crippen LogP contribution in [-0.2, 0) is 16.1 Å².